The number of methoxy groups -OCH3 is 1. The maximum atomic E-state index is 11.5. The Hall–Kier alpha value is -2.54. The number of aromatic carboxylic acids is 1. The van der Waals surface area contributed by atoms with Gasteiger partial charge >= 0.3 is 5.97 Å². The first kappa shape index (κ1) is 14.4. The normalized spacial score (nSPS) is 14.9. The van der Waals surface area contributed by atoms with Gasteiger partial charge in [0.05, 0.1) is 19.0 Å². The monoisotopic (exact) mass is 302 g/mol. The van der Waals surface area contributed by atoms with Crippen molar-refractivity contribution in [1.82, 2.24) is 15.1 Å². The molecule has 3 rings (SSSR count). The molecule has 0 bridgehead atoms. The van der Waals surface area contributed by atoms with Crippen LogP contribution in [0.4, 0.5) is 5.82 Å². The fourth-order valence-electron chi connectivity index (χ4n) is 2.59. The molecule has 7 nitrogen and oxygen atoms in total. The van der Waals surface area contributed by atoms with Gasteiger partial charge in [-0.3, -0.25) is 0 Å². The highest BCUT2D eigenvalue weighted by molar-refractivity contribution is 5.93. The average Bonchev–Trinajstić information content (AvgIpc) is 3.01. The lowest BCUT2D eigenvalue weighted by Gasteiger charge is -2.30. The number of carboxylic acid groups (broad SMARTS) is 1. The number of nitrogens with one attached hydrogen (secondary N) is 1. The fourth-order valence-corrected chi connectivity index (χ4v) is 2.59. The maximum Gasteiger partial charge on any atom is 0.341 e. The summed E-state index contributed by atoms with van der Waals surface area (Å²) in [6, 6.07) is 7.39. The van der Waals surface area contributed by atoms with Crippen LogP contribution in [0.5, 0.6) is 5.75 Å². The van der Waals surface area contributed by atoms with Crippen LogP contribution in [-0.2, 0) is 0 Å². The van der Waals surface area contributed by atoms with Crippen LogP contribution in [0.15, 0.2) is 30.5 Å². The largest absolute Gasteiger partial charge is 0.497 e. The molecule has 1 fully saturated rings. The van der Waals surface area contributed by atoms with Gasteiger partial charge in [0.15, 0.2) is 0 Å². The number of piperazine rings is 1. The van der Waals surface area contributed by atoms with Crippen molar-refractivity contribution in [3.05, 3.63) is 36.0 Å². The van der Waals surface area contributed by atoms with Crippen molar-refractivity contribution < 1.29 is 14.6 Å². The number of nitrogens with zero attached hydrogens (tertiary/aromatic N) is 3. The zero-order valence-corrected chi connectivity index (χ0v) is 12.3. The van der Waals surface area contributed by atoms with Gasteiger partial charge in [-0.1, -0.05) is 0 Å². The number of rotatable bonds is 4. The van der Waals surface area contributed by atoms with Crippen molar-refractivity contribution in [2.75, 3.05) is 38.2 Å². The molecule has 0 aliphatic carbocycles. The lowest BCUT2D eigenvalue weighted by molar-refractivity contribution is 0.0697. The summed E-state index contributed by atoms with van der Waals surface area (Å²) in [5, 5.41) is 17.0. The van der Waals surface area contributed by atoms with Crippen LogP contribution in [-0.4, -0.2) is 54.1 Å². The quantitative estimate of drug-likeness (QED) is 0.877. The van der Waals surface area contributed by atoms with Crippen LogP contribution in [0.25, 0.3) is 5.69 Å². The Morgan fingerprint density at radius 3 is 2.55 bits per heavy atom. The van der Waals surface area contributed by atoms with E-state index in [1.165, 1.54) is 6.20 Å². The third-order valence-corrected chi connectivity index (χ3v) is 3.71. The van der Waals surface area contributed by atoms with Crippen LogP contribution in [0.1, 0.15) is 10.4 Å². The van der Waals surface area contributed by atoms with Gasteiger partial charge in [0, 0.05) is 26.2 Å². The van der Waals surface area contributed by atoms with Crippen LogP contribution in [0, 0.1) is 0 Å². The van der Waals surface area contributed by atoms with E-state index in [9.17, 15) is 9.90 Å². The summed E-state index contributed by atoms with van der Waals surface area (Å²) in [7, 11) is 1.61. The lowest BCUT2D eigenvalue weighted by Crippen LogP contribution is -2.44. The second-order valence-electron chi connectivity index (χ2n) is 5.03. The molecule has 1 saturated heterocycles. The molecule has 0 atom stereocenters. The Labute approximate surface area is 128 Å². The van der Waals surface area contributed by atoms with Crippen molar-refractivity contribution in [3.8, 4) is 11.4 Å². The molecular weight excluding hydrogens is 284 g/mol. The van der Waals surface area contributed by atoms with Gasteiger partial charge in [0.25, 0.3) is 0 Å². The first-order valence-corrected chi connectivity index (χ1v) is 7.12. The fraction of sp³-hybridized carbons (Fsp3) is 0.333. The zero-order chi connectivity index (χ0) is 15.5. The van der Waals surface area contributed by atoms with E-state index in [0.29, 0.717) is 5.82 Å². The smallest absolute Gasteiger partial charge is 0.341 e. The van der Waals surface area contributed by atoms with E-state index < -0.39 is 5.97 Å². The molecule has 0 unspecified atom stereocenters. The zero-order valence-electron chi connectivity index (χ0n) is 12.3. The van der Waals surface area contributed by atoms with Crippen LogP contribution in [0.2, 0.25) is 0 Å². The van der Waals surface area contributed by atoms with Gasteiger partial charge in [-0.15, -0.1) is 0 Å². The van der Waals surface area contributed by atoms with Crippen molar-refractivity contribution in [2.24, 2.45) is 0 Å². The number of carbonyl (C=O) groups is 1. The molecule has 0 radical (unpaired) electrons. The summed E-state index contributed by atoms with van der Waals surface area (Å²) < 4.78 is 6.83. The molecule has 1 aliphatic rings. The molecule has 2 aromatic rings. The van der Waals surface area contributed by atoms with Crippen LogP contribution >= 0.6 is 0 Å². The SMILES string of the molecule is COc1ccc(-n2ncc(C(=O)O)c2N2CCNCC2)cc1. The molecular formula is C15H18N4O3. The van der Waals surface area contributed by atoms with E-state index in [4.69, 9.17) is 4.74 Å². The minimum atomic E-state index is -0.965. The Balaban J connectivity index is 2.04. The maximum absolute atomic E-state index is 11.5. The molecule has 1 aromatic carbocycles. The first-order valence-electron chi connectivity index (χ1n) is 7.12. The molecule has 0 saturated carbocycles. The van der Waals surface area contributed by atoms with Crippen molar-refractivity contribution in [2.45, 2.75) is 0 Å². The number of hydrogen-bond acceptors (Lipinski definition) is 5. The Kier molecular flexibility index (Phi) is 3.97. The number of ether oxygens (including phenoxy) is 1. The third-order valence-electron chi connectivity index (χ3n) is 3.71. The minimum absolute atomic E-state index is 0.220. The number of hydrogen-bond donors (Lipinski definition) is 2. The van der Waals surface area contributed by atoms with E-state index in [2.05, 4.69) is 15.3 Å². The highest BCUT2D eigenvalue weighted by atomic mass is 16.5. The topological polar surface area (TPSA) is 79.6 Å². The van der Waals surface area contributed by atoms with Crippen molar-refractivity contribution in [3.63, 3.8) is 0 Å². The van der Waals surface area contributed by atoms with Crippen LogP contribution in [0.3, 0.4) is 0 Å². The summed E-state index contributed by atoms with van der Waals surface area (Å²) in [5.74, 6) is 0.408. The van der Waals surface area contributed by atoms with Gasteiger partial charge in [0.1, 0.15) is 17.1 Å². The lowest BCUT2D eigenvalue weighted by atomic mass is 10.2. The second-order valence-corrected chi connectivity index (χ2v) is 5.03. The Bertz CT molecular complexity index is 660. The second kappa shape index (κ2) is 6.07. The van der Waals surface area contributed by atoms with E-state index in [1.807, 2.05) is 24.3 Å². The average molecular weight is 302 g/mol. The Morgan fingerprint density at radius 1 is 1.27 bits per heavy atom. The van der Waals surface area contributed by atoms with E-state index >= 15 is 0 Å². The van der Waals surface area contributed by atoms with Crippen LogP contribution < -0.4 is 15.0 Å². The van der Waals surface area contributed by atoms with Crippen molar-refractivity contribution in [1.29, 1.82) is 0 Å². The third kappa shape index (κ3) is 2.62. The van der Waals surface area contributed by atoms with Gasteiger partial charge < -0.3 is 20.1 Å². The predicted octanol–water partition coefficient (Wildman–Crippen LogP) is 0.989. The molecule has 1 aliphatic heterocycles. The summed E-state index contributed by atoms with van der Waals surface area (Å²) in [4.78, 5) is 13.5. The number of anilines is 1. The molecule has 1 aromatic heterocycles. The van der Waals surface area contributed by atoms with Gasteiger partial charge in [-0.25, -0.2) is 9.48 Å². The summed E-state index contributed by atoms with van der Waals surface area (Å²) in [6.07, 6.45) is 1.41. The molecule has 0 amide bonds. The predicted molar refractivity (Wildman–Crippen MR) is 82.2 cm³/mol. The first-order chi connectivity index (χ1) is 10.7. The van der Waals surface area contributed by atoms with Gasteiger partial charge in [0.2, 0.25) is 0 Å². The van der Waals surface area contributed by atoms with E-state index in [0.717, 1.165) is 37.6 Å². The van der Waals surface area contributed by atoms with Gasteiger partial charge in [-0.05, 0) is 24.3 Å². The molecule has 116 valence electrons. The molecule has 0 spiro atoms. The minimum Gasteiger partial charge on any atom is -0.497 e. The number of benzene rings is 1. The van der Waals surface area contributed by atoms with E-state index in [1.54, 1.807) is 11.8 Å². The van der Waals surface area contributed by atoms with Crippen molar-refractivity contribution >= 4 is 11.8 Å². The number of aromatic nitrogens is 2. The summed E-state index contributed by atoms with van der Waals surface area (Å²) >= 11 is 0. The molecule has 2 heterocycles. The Morgan fingerprint density at radius 2 is 1.95 bits per heavy atom. The highest BCUT2D eigenvalue weighted by Gasteiger charge is 2.24. The summed E-state index contributed by atoms with van der Waals surface area (Å²) in [6.45, 7) is 3.16. The number of carboxylic acids is 1. The molecule has 2 N–H and O–H groups in total. The highest BCUT2D eigenvalue weighted by Crippen LogP contribution is 2.26. The summed E-state index contributed by atoms with van der Waals surface area (Å²) in [5.41, 5.74) is 1.03. The molecule has 22 heavy (non-hydrogen) atoms. The van der Waals surface area contributed by atoms with Gasteiger partial charge in [-0.2, -0.15) is 5.10 Å². The molecule has 7 heteroatoms. The van der Waals surface area contributed by atoms with E-state index in [-0.39, 0.29) is 5.56 Å². The standard InChI is InChI=1S/C15H18N4O3/c1-22-12-4-2-11(3-5-12)19-14(13(10-17-19)15(20)21)18-8-6-16-7-9-18/h2-5,10,16H,6-9H2,1H3,(H,20,21).